The van der Waals surface area contributed by atoms with E-state index in [0.29, 0.717) is 11.1 Å². The maximum atomic E-state index is 13.4. The van der Waals surface area contributed by atoms with Gasteiger partial charge in [-0.25, -0.2) is 8.78 Å². The zero-order chi connectivity index (χ0) is 19.6. The normalized spacial score (nSPS) is 16.8. The van der Waals surface area contributed by atoms with Crippen molar-refractivity contribution >= 4 is 23.5 Å². The van der Waals surface area contributed by atoms with E-state index >= 15 is 0 Å². The van der Waals surface area contributed by atoms with Crippen LogP contribution >= 0.6 is 0 Å². The molecule has 0 spiro atoms. The average molecular weight is 374 g/mol. The second kappa shape index (κ2) is 7.53. The number of amides is 2. The van der Waals surface area contributed by atoms with Gasteiger partial charge in [0.1, 0.15) is 11.6 Å². The SMILES string of the molecule is O=C(O)C[C@@H](NC(=O)[C@@H]1CC(=O)Nc2cc(F)ccc21)c1ccc(F)cc1. The van der Waals surface area contributed by atoms with Crippen LogP contribution in [0.5, 0.6) is 0 Å². The van der Waals surface area contributed by atoms with Gasteiger partial charge in [0.25, 0.3) is 0 Å². The van der Waals surface area contributed by atoms with Gasteiger partial charge in [-0.15, -0.1) is 0 Å². The summed E-state index contributed by atoms with van der Waals surface area (Å²) in [6.07, 6.45) is -0.555. The summed E-state index contributed by atoms with van der Waals surface area (Å²) in [4.78, 5) is 35.8. The number of rotatable bonds is 5. The highest BCUT2D eigenvalue weighted by molar-refractivity contribution is 6.01. The summed E-state index contributed by atoms with van der Waals surface area (Å²) in [5, 5.41) is 14.3. The summed E-state index contributed by atoms with van der Waals surface area (Å²) in [5.41, 5.74) is 1.08. The van der Waals surface area contributed by atoms with E-state index in [1.54, 1.807) is 0 Å². The first-order chi connectivity index (χ1) is 12.8. The van der Waals surface area contributed by atoms with Crippen molar-refractivity contribution < 1.29 is 28.3 Å². The van der Waals surface area contributed by atoms with Crippen LogP contribution in [0.1, 0.15) is 35.9 Å². The number of carboxylic acid groups (broad SMARTS) is 1. The molecule has 2 aromatic carbocycles. The van der Waals surface area contributed by atoms with Crippen molar-refractivity contribution in [2.75, 3.05) is 5.32 Å². The second-order valence-electron chi connectivity index (χ2n) is 6.25. The minimum atomic E-state index is -1.14. The zero-order valence-electron chi connectivity index (χ0n) is 14.0. The molecular weight excluding hydrogens is 358 g/mol. The lowest BCUT2D eigenvalue weighted by Gasteiger charge is -2.27. The van der Waals surface area contributed by atoms with Gasteiger partial charge in [-0.2, -0.15) is 0 Å². The molecule has 0 unspecified atom stereocenters. The molecule has 1 aliphatic heterocycles. The maximum absolute atomic E-state index is 13.4. The molecule has 0 saturated heterocycles. The molecule has 3 N–H and O–H groups in total. The number of hydrogen-bond acceptors (Lipinski definition) is 3. The Morgan fingerprint density at radius 2 is 1.81 bits per heavy atom. The Labute approximate surface area is 153 Å². The van der Waals surface area contributed by atoms with Crippen LogP contribution in [-0.4, -0.2) is 22.9 Å². The summed E-state index contributed by atoms with van der Waals surface area (Å²) in [5.74, 6) is -4.07. The van der Waals surface area contributed by atoms with Crippen LogP contribution in [0, 0.1) is 11.6 Å². The molecule has 2 aromatic rings. The Morgan fingerprint density at radius 3 is 2.48 bits per heavy atom. The lowest BCUT2D eigenvalue weighted by molar-refractivity contribution is -0.138. The smallest absolute Gasteiger partial charge is 0.305 e. The first-order valence-corrected chi connectivity index (χ1v) is 8.20. The summed E-state index contributed by atoms with van der Waals surface area (Å²) < 4.78 is 26.5. The van der Waals surface area contributed by atoms with Crippen LogP contribution in [0.4, 0.5) is 14.5 Å². The van der Waals surface area contributed by atoms with Crippen LogP contribution in [-0.2, 0) is 14.4 Å². The number of carboxylic acids is 1. The number of anilines is 1. The first kappa shape index (κ1) is 18.5. The molecule has 0 fully saturated rings. The van der Waals surface area contributed by atoms with Crippen molar-refractivity contribution in [1.29, 1.82) is 0 Å². The monoisotopic (exact) mass is 374 g/mol. The van der Waals surface area contributed by atoms with E-state index in [-0.39, 0.29) is 12.1 Å². The molecule has 0 bridgehead atoms. The van der Waals surface area contributed by atoms with E-state index in [0.717, 1.165) is 6.07 Å². The van der Waals surface area contributed by atoms with E-state index in [1.807, 2.05) is 0 Å². The van der Waals surface area contributed by atoms with Crippen LogP contribution in [0.25, 0.3) is 0 Å². The first-order valence-electron chi connectivity index (χ1n) is 8.20. The molecule has 2 amide bonds. The van der Waals surface area contributed by atoms with Crippen molar-refractivity contribution in [3.63, 3.8) is 0 Å². The summed E-state index contributed by atoms with van der Waals surface area (Å²) in [6, 6.07) is 7.94. The quantitative estimate of drug-likeness (QED) is 0.750. The Hall–Kier alpha value is -3.29. The lowest BCUT2D eigenvalue weighted by Crippen LogP contribution is -2.37. The highest BCUT2D eigenvalue weighted by atomic mass is 19.1. The fraction of sp³-hybridized carbons (Fsp3) is 0.211. The number of benzene rings is 2. The van der Waals surface area contributed by atoms with Gasteiger partial charge in [0.2, 0.25) is 11.8 Å². The third kappa shape index (κ3) is 4.28. The van der Waals surface area contributed by atoms with Crippen LogP contribution in [0.2, 0.25) is 0 Å². The molecule has 27 heavy (non-hydrogen) atoms. The highest BCUT2D eigenvalue weighted by Gasteiger charge is 2.32. The van der Waals surface area contributed by atoms with E-state index in [1.165, 1.54) is 36.4 Å². The molecule has 8 heteroatoms. The molecule has 3 rings (SSSR count). The van der Waals surface area contributed by atoms with E-state index in [4.69, 9.17) is 5.11 Å². The van der Waals surface area contributed by atoms with Gasteiger partial charge in [-0.05, 0) is 35.4 Å². The third-order valence-electron chi connectivity index (χ3n) is 4.34. The minimum Gasteiger partial charge on any atom is -0.481 e. The molecule has 0 saturated carbocycles. The van der Waals surface area contributed by atoms with Gasteiger partial charge in [0.05, 0.1) is 18.4 Å². The third-order valence-corrected chi connectivity index (χ3v) is 4.34. The molecular formula is C19H16F2N2O4. The largest absolute Gasteiger partial charge is 0.481 e. The minimum absolute atomic E-state index is 0.145. The van der Waals surface area contributed by atoms with Crippen molar-refractivity contribution in [3.8, 4) is 0 Å². The number of carbonyl (C=O) groups excluding carboxylic acids is 2. The summed E-state index contributed by atoms with van der Waals surface area (Å²) in [6.45, 7) is 0. The number of halogens is 2. The van der Waals surface area contributed by atoms with Crippen molar-refractivity contribution in [3.05, 3.63) is 65.2 Å². The van der Waals surface area contributed by atoms with Crippen molar-refractivity contribution in [2.45, 2.75) is 24.8 Å². The van der Waals surface area contributed by atoms with Gasteiger partial charge in [-0.1, -0.05) is 18.2 Å². The second-order valence-corrected chi connectivity index (χ2v) is 6.25. The van der Waals surface area contributed by atoms with Crippen molar-refractivity contribution in [2.24, 2.45) is 0 Å². The number of nitrogens with one attached hydrogen (secondary N) is 2. The van der Waals surface area contributed by atoms with Gasteiger partial charge in [0, 0.05) is 12.1 Å². The fourth-order valence-corrected chi connectivity index (χ4v) is 3.07. The molecule has 0 radical (unpaired) electrons. The highest BCUT2D eigenvalue weighted by Crippen LogP contribution is 2.33. The van der Waals surface area contributed by atoms with Gasteiger partial charge >= 0.3 is 5.97 Å². The van der Waals surface area contributed by atoms with Gasteiger partial charge < -0.3 is 15.7 Å². The summed E-state index contributed by atoms with van der Waals surface area (Å²) >= 11 is 0. The molecule has 1 heterocycles. The van der Waals surface area contributed by atoms with Gasteiger partial charge in [-0.3, -0.25) is 14.4 Å². The van der Waals surface area contributed by atoms with Gasteiger partial charge in [0.15, 0.2) is 0 Å². The Balaban J connectivity index is 1.86. The van der Waals surface area contributed by atoms with E-state index in [2.05, 4.69) is 10.6 Å². The number of fused-ring (bicyclic) bond motifs is 1. The van der Waals surface area contributed by atoms with E-state index in [9.17, 15) is 23.2 Å². The summed E-state index contributed by atoms with van der Waals surface area (Å²) in [7, 11) is 0. The Kier molecular flexibility index (Phi) is 5.16. The topological polar surface area (TPSA) is 95.5 Å². The fourth-order valence-electron chi connectivity index (χ4n) is 3.07. The molecule has 0 aliphatic carbocycles. The zero-order valence-corrected chi connectivity index (χ0v) is 14.0. The number of carbonyl (C=O) groups is 3. The van der Waals surface area contributed by atoms with Crippen LogP contribution in [0.3, 0.4) is 0 Å². The average Bonchev–Trinajstić information content (AvgIpc) is 2.60. The Morgan fingerprint density at radius 1 is 1.15 bits per heavy atom. The maximum Gasteiger partial charge on any atom is 0.305 e. The molecule has 0 aromatic heterocycles. The van der Waals surface area contributed by atoms with Crippen LogP contribution < -0.4 is 10.6 Å². The molecule has 2 atom stereocenters. The number of aliphatic carboxylic acids is 1. The predicted molar refractivity (Wildman–Crippen MR) is 91.9 cm³/mol. The molecule has 140 valence electrons. The molecule has 1 aliphatic rings. The lowest BCUT2D eigenvalue weighted by atomic mass is 9.89. The van der Waals surface area contributed by atoms with E-state index < -0.39 is 47.8 Å². The standard InChI is InChI=1S/C19H16F2N2O4/c20-11-3-1-10(2-4-11)15(9-18(25)26)23-19(27)14-8-17(24)22-16-7-12(21)5-6-13(14)16/h1-7,14-15H,8-9H2,(H,22,24)(H,23,27)(H,25,26)/t14-,15-/m1/s1. The number of hydrogen-bond donors (Lipinski definition) is 3. The van der Waals surface area contributed by atoms with Crippen LogP contribution in [0.15, 0.2) is 42.5 Å². The Bertz CT molecular complexity index is 899. The predicted octanol–water partition coefficient (Wildman–Crippen LogP) is 2.72. The van der Waals surface area contributed by atoms with Crippen molar-refractivity contribution in [1.82, 2.24) is 5.32 Å². The molecule has 6 nitrogen and oxygen atoms in total.